The Morgan fingerprint density at radius 2 is 1.96 bits per heavy atom. The van der Waals surface area contributed by atoms with E-state index in [1.807, 2.05) is 37.3 Å². The Morgan fingerprint density at radius 3 is 2.68 bits per heavy atom. The SMILES string of the molecule is Cc1nc(-c2ccc(CNC(=O)c3cccnc3NC3CCCC3)cc2)n[nH]1. The molecule has 1 aromatic carbocycles. The van der Waals surface area contributed by atoms with Crippen molar-refractivity contribution in [1.82, 2.24) is 25.5 Å². The fraction of sp³-hybridized carbons (Fsp3) is 0.333. The minimum absolute atomic E-state index is 0.123. The predicted octanol–water partition coefficient (Wildman–Crippen LogP) is 3.46. The molecule has 28 heavy (non-hydrogen) atoms. The number of rotatable bonds is 6. The summed E-state index contributed by atoms with van der Waals surface area (Å²) in [5, 5.41) is 13.4. The molecule has 7 heteroatoms. The molecule has 1 saturated carbocycles. The number of nitrogens with one attached hydrogen (secondary N) is 3. The van der Waals surface area contributed by atoms with Gasteiger partial charge < -0.3 is 10.6 Å². The first-order chi connectivity index (χ1) is 13.7. The van der Waals surface area contributed by atoms with Crippen molar-refractivity contribution in [2.24, 2.45) is 0 Å². The highest BCUT2D eigenvalue weighted by atomic mass is 16.1. The minimum Gasteiger partial charge on any atom is -0.367 e. The van der Waals surface area contributed by atoms with Crippen LogP contribution in [0.3, 0.4) is 0 Å². The second kappa shape index (κ2) is 8.21. The summed E-state index contributed by atoms with van der Waals surface area (Å²) >= 11 is 0. The van der Waals surface area contributed by atoms with Gasteiger partial charge in [-0.1, -0.05) is 37.1 Å². The number of H-pyrrole nitrogens is 1. The summed E-state index contributed by atoms with van der Waals surface area (Å²) in [6, 6.07) is 11.9. The Morgan fingerprint density at radius 1 is 1.18 bits per heavy atom. The van der Waals surface area contributed by atoms with Gasteiger partial charge in [-0.2, -0.15) is 5.10 Å². The van der Waals surface area contributed by atoms with Gasteiger partial charge in [0.2, 0.25) is 0 Å². The van der Waals surface area contributed by atoms with Crippen LogP contribution in [0.25, 0.3) is 11.4 Å². The lowest BCUT2D eigenvalue weighted by Crippen LogP contribution is -2.26. The number of aryl methyl sites for hydroxylation is 1. The molecule has 0 radical (unpaired) electrons. The van der Waals surface area contributed by atoms with Crippen LogP contribution in [0.2, 0.25) is 0 Å². The number of carbonyl (C=O) groups is 1. The minimum atomic E-state index is -0.123. The lowest BCUT2D eigenvalue weighted by atomic mass is 10.1. The first-order valence-corrected chi connectivity index (χ1v) is 9.67. The molecule has 0 saturated heterocycles. The van der Waals surface area contributed by atoms with Crippen LogP contribution in [-0.2, 0) is 6.54 Å². The molecular weight excluding hydrogens is 352 g/mol. The molecule has 3 N–H and O–H groups in total. The third-order valence-electron chi connectivity index (χ3n) is 5.01. The smallest absolute Gasteiger partial charge is 0.255 e. The third kappa shape index (κ3) is 4.19. The average Bonchev–Trinajstić information content (AvgIpc) is 3.39. The first kappa shape index (κ1) is 18.2. The van der Waals surface area contributed by atoms with Crippen molar-refractivity contribution in [3.63, 3.8) is 0 Å². The van der Waals surface area contributed by atoms with Gasteiger partial charge in [0.25, 0.3) is 5.91 Å². The fourth-order valence-corrected chi connectivity index (χ4v) is 3.49. The van der Waals surface area contributed by atoms with Gasteiger partial charge in [-0.25, -0.2) is 9.97 Å². The molecule has 1 fully saturated rings. The van der Waals surface area contributed by atoms with Crippen LogP contribution >= 0.6 is 0 Å². The zero-order chi connectivity index (χ0) is 19.3. The summed E-state index contributed by atoms with van der Waals surface area (Å²) < 4.78 is 0. The highest BCUT2D eigenvalue weighted by Gasteiger charge is 2.18. The second-order valence-corrected chi connectivity index (χ2v) is 7.15. The average molecular weight is 376 g/mol. The van der Waals surface area contributed by atoms with Crippen LogP contribution in [0.4, 0.5) is 5.82 Å². The summed E-state index contributed by atoms with van der Waals surface area (Å²) in [6.07, 6.45) is 6.45. The lowest BCUT2D eigenvalue weighted by Gasteiger charge is -2.15. The molecule has 0 spiro atoms. The summed E-state index contributed by atoms with van der Waals surface area (Å²) in [7, 11) is 0. The maximum Gasteiger partial charge on any atom is 0.255 e. The molecule has 7 nitrogen and oxygen atoms in total. The van der Waals surface area contributed by atoms with E-state index in [1.165, 1.54) is 12.8 Å². The van der Waals surface area contributed by atoms with Crippen molar-refractivity contribution < 1.29 is 4.79 Å². The number of aromatic amines is 1. The van der Waals surface area contributed by atoms with Gasteiger partial charge in [-0.3, -0.25) is 9.89 Å². The van der Waals surface area contributed by atoms with Crippen molar-refractivity contribution in [2.75, 3.05) is 5.32 Å². The number of hydrogen-bond donors (Lipinski definition) is 3. The fourth-order valence-electron chi connectivity index (χ4n) is 3.49. The number of nitrogens with zero attached hydrogens (tertiary/aromatic N) is 3. The lowest BCUT2D eigenvalue weighted by molar-refractivity contribution is 0.0951. The van der Waals surface area contributed by atoms with E-state index >= 15 is 0 Å². The number of carbonyl (C=O) groups excluding carboxylic acids is 1. The van der Waals surface area contributed by atoms with Gasteiger partial charge in [0.1, 0.15) is 11.6 Å². The molecule has 1 aliphatic rings. The summed E-state index contributed by atoms with van der Waals surface area (Å²) in [5.74, 6) is 2.00. The molecule has 2 heterocycles. The molecular formula is C21H24N6O. The van der Waals surface area contributed by atoms with E-state index in [9.17, 15) is 4.79 Å². The highest BCUT2D eigenvalue weighted by molar-refractivity contribution is 5.98. The van der Waals surface area contributed by atoms with Crippen LogP contribution in [-0.4, -0.2) is 32.1 Å². The van der Waals surface area contributed by atoms with Gasteiger partial charge >= 0.3 is 0 Å². The van der Waals surface area contributed by atoms with Crippen molar-refractivity contribution in [3.8, 4) is 11.4 Å². The van der Waals surface area contributed by atoms with Crippen LogP contribution < -0.4 is 10.6 Å². The predicted molar refractivity (Wildman–Crippen MR) is 108 cm³/mol. The Kier molecular flexibility index (Phi) is 5.32. The van der Waals surface area contributed by atoms with Crippen LogP contribution in [0, 0.1) is 6.92 Å². The maximum atomic E-state index is 12.7. The monoisotopic (exact) mass is 376 g/mol. The maximum absolute atomic E-state index is 12.7. The Labute approximate surface area is 164 Å². The Hall–Kier alpha value is -3.22. The zero-order valence-electron chi connectivity index (χ0n) is 15.9. The highest BCUT2D eigenvalue weighted by Crippen LogP contribution is 2.23. The van der Waals surface area contributed by atoms with Gasteiger partial charge in [0.15, 0.2) is 5.82 Å². The van der Waals surface area contributed by atoms with Gasteiger partial charge in [-0.15, -0.1) is 0 Å². The molecule has 0 bridgehead atoms. The number of aromatic nitrogens is 4. The van der Waals surface area contributed by atoms with Crippen LogP contribution in [0.15, 0.2) is 42.6 Å². The van der Waals surface area contributed by atoms with E-state index < -0.39 is 0 Å². The van der Waals surface area contributed by atoms with Crippen LogP contribution in [0.1, 0.15) is 47.4 Å². The van der Waals surface area contributed by atoms with Gasteiger partial charge in [-0.05, 0) is 37.5 Å². The normalized spacial score (nSPS) is 14.2. The third-order valence-corrected chi connectivity index (χ3v) is 5.01. The number of pyridine rings is 1. The molecule has 0 unspecified atom stereocenters. The number of amides is 1. The molecule has 144 valence electrons. The van der Waals surface area contributed by atoms with E-state index in [0.29, 0.717) is 29.8 Å². The van der Waals surface area contributed by atoms with Gasteiger partial charge in [0, 0.05) is 24.3 Å². The van der Waals surface area contributed by atoms with E-state index in [-0.39, 0.29) is 5.91 Å². The summed E-state index contributed by atoms with van der Waals surface area (Å²) in [6.45, 7) is 2.32. The molecule has 1 amide bonds. The van der Waals surface area contributed by atoms with E-state index in [1.54, 1.807) is 12.3 Å². The summed E-state index contributed by atoms with van der Waals surface area (Å²) in [4.78, 5) is 21.4. The molecule has 2 aromatic heterocycles. The Bertz CT molecular complexity index is 944. The van der Waals surface area contributed by atoms with Crippen molar-refractivity contribution in [3.05, 3.63) is 59.5 Å². The van der Waals surface area contributed by atoms with E-state index in [0.717, 1.165) is 29.8 Å². The van der Waals surface area contributed by atoms with Crippen molar-refractivity contribution in [2.45, 2.75) is 45.2 Å². The standard InChI is InChI=1S/C21H24N6O/c1-14-24-19(27-26-14)16-10-8-15(9-11-16)13-23-21(28)18-7-4-12-22-20(18)25-17-5-2-3-6-17/h4,7-12,17H,2-3,5-6,13H2,1H3,(H,22,25)(H,23,28)(H,24,26,27). The van der Waals surface area contributed by atoms with E-state index in [2.05, 4.69) is 30.8 Å². The van der Waals surface area contributed by atoms with Gasteiger partial charge in [0.05, 0.1) is 5.56 Å². The largest absolute Gasteiger partial charge is 0.367 e. The quantitative estimate of drug-likeness (QED) is 0.612. The molecule has 4 rings (SSSR count). The molecule has 0 aliphatic heterocycles. The van der Waals surface area contributed by atoms with Crippen molar-refractivity contribution >= 4 is 11.7 Å². The van der Waals surface area contributed by atoms with Crippen molar-refractivity contribution in [1.29, 1.82) is 0 Å². The molecule has 0 atom stereocenters. The Balaban J connectivity index is 1.39. The number of anilines is 1. The van der Waals surface area contributed by atoms with E-state index in [4.69, 9.17) is 0 Å². The van der Waals surface area contributed by atoms with Crippen LogP contribution in [0.5, 0.6) is 0 Å². The number of hydrogen-bond acceptors (Lipinski definition) is 5. The molecule has 3 aromatic rings. The molecule has 1 aliphatic carbocycles. The zero-order valence-corrected chi connectivity index (χ0v) is 15.9. The first-order valence-electron chi connectivity index (χ1n) is 9.67. The number of benzene rings is 1. The summed E-state index contributed by atoms with van der Waals surface area (Å²) in [5.41, 5.74) is 2.54. The topological polar surface area (TPSA) is 95.6 Å². The second-order valence-electron chi connectivity index (χ2n) is 7.15.